The molecule has 1 unspecified atom stereocenters. The van der Waals surface area contributed by atoms with Crippen LogP contribution in [0.15, 0.2) is 36.4 Å². The maximum atomic E-state index is 12.3. The lowest BCUT2D eigenvalue weighted by atomic mass is 10.0. The molecule has 1 atom stereocenters. The average Bonchev–Trinajstić information content (AvgIpc) is 3.09. The van der Waals surface area contributed by atoms with E-state index in [0.29, 0.717) is 21.5 Å². The van der Waals surface area contributed by atoms with Crippen LogP contribution in [-0.2, 0) is 20.9 Å². The zero-order valence-electron chi connectivity index (χ0n) is 15.2. The molecule has 3 rings (SSSR count). The molecular weight excluding hydrogens is 405 g/mol. The van der Waals surface area contributed by atoms with E-state index in [4.69, 9.17) is 37.4 Å². The molecule has 1 aliphatic rings. The number of rotatable bonds is 7. The summed E-state index contributed by atoms with van der Waals surface area (Å²) in [6.07, 6.45) is 0. The monoisotopic (exact) mass is 423 g/mol. The quantitative estimate of drug-likeness (QED) is 0.686. The summed E-state index contributed by atoms with van der Waals surface area (Å²) in [6.45, 7) is 2.30. The highest BCUT2D eigenvalue weighted by Crippen LogP contribution is 2.37. The molecule has 1 N–H and O–H groups in total. The molecule has 6 nitrogen and oxygen atoms in total. The molecule has 0 saturated carbocycles. The van der Waals surface area contributed by atoms with Gasteiger partial charge in [-0.2, -0.15) is 0 Å². The van der Waals surface area contributed by atoms with E-state index >= 15 is 0 Å². The number of ether oxygens (including phenoxy) is 3. The Morgan fingerprint density at radius 2 is 2.04 bits per heavy atom. The molecule has 0 spiro atoms. The normalized spacial score (nSPS) is 14.8. The summed E-state index contributed by atoms with van der Waals surface area (Å²) in [5, 5.41) is 3.66. The van der Waals surface area contributed by atoms with Crippen molar-refractivity contribution >= 4 is 35.1 Å². The molecule has 0 radical (unpaired) electrons. The third-order valence-electron chi connectivity index (χ3n) is 4.20. The summed E-state index contributed by atoms with van der Waals surface area (Å²) >= 11 is 12.0. The fourth-order valence-corrected chi connectivity index (χ4v) is 3.25. The zero-order chi connectivity index (χ0) is 20.1. The number of hydrogen-bond donors (Lipinski definition) is 1. The summed E-state index contributed by atoms with van der Waals surface area (Å²) in [4.78, 5) is 23.7. The number of esters is 1. The van der Waals surface area contributed by atoms with Gasteiger partial charge >= 0.3 is 5.97 Å². The highest BCUT2D eigenvalue weighted by atomic mass is 35.5. The lowest BCUT2D eigenvalue weighted by molar-refractivity contribution is -0.143. The van der Waals surface area contributed by atoms with E-state index in [1.165, 1.54) is 0 Å². The Morgan fingerprint density at radius 1 is 1.21 bits per heavy atom. The Hall–Kier alpha value is -2.44. The van der Waals surface area contributed by atoms with Crippen LogP contribution in [-0.4, -0.2) is 31.6 Å². The van der Waals surface area contributed by atoms with E-state index in [2.05, 4.69) is 5.32 Å². The minimum atomic E-state index is -0.482. The van der Waals surface area contributed by atoms with Crippen LogP contribution >= 0.6 is 23.2 Å². The SMILES string of the molecule is CCOC(=O)CNC(=O)C1COc2cc(OCc3ccc(Cl)cc3Cl)ccc21. The predicted molar refractivity (Wildman–Crippen MR) is 105 cm³/mol. The van der Waals surface area contributed by atoms with Gasteiger partial charge in [-0.15, -0.1) is 0 Å². The van der Waals surface area contributed by atoms with Crippen molar-refractivity contribution in [2.24, 2.45) is 0 Å². The minimum absolute atomic E-state index is 0.165. The Balaban J connectivity index is 1.61. The first-order chi connectivity index (χ1) is 13.5. The second kappa shape index (κ2) is 9.17. The Bertz CT molecular complexity index is 887. The lowest BCUT2D eigenvalue weighted by Gasteiger charge is -2.11. The number of hydrogen-bond acceptors (Lipinski definition) is 5. The molecule has 8 heteroatoms. The van der Waals surface area contributed by atoms with Crippen LogP contribution in [0.3, 0.4) is 0 Å². The molecule has 1 amide bonds. The summed E-state index contributed by atoms with van der Waals surface area (Å²) in [7, 11) is 0. The molecule has 0 saturated heterocycles. The third kappa shape index (κ3) is 4.88. The van der Waals surface area contributed by atoms with Gasteiger partial charge in [0.25, 0.3) is 0 Å². The number of benzene rings is 2. The fraction of sp³-hybridized carbons (Fsp3) is 0.300. The highest BCUT2D eigenvalue weighted by Gasteiger charge is 2.31. The topological polar surface area (TPSA) is 73.9 Å². The second-order valence-corrected chi connectivity index (χ2v) is 6.95. The van der Waals surface area contributed by atoms with Crippen LogP contribution < -0.4 is 14.8 Å². The van der Waals surface area contributed by atoms with Crippen LogP contribution in [0.5, 0.6) is 11.5 Å². The number of nitrogens with one attached hydrogen (secondary N) is 1. The van der Waals surface area contributed by atoms with Gasteiger partial charge in [0, 0.05) is 27.2 Å². The zero-order valence-corrected chi connectivity index (χ0v) is 16.7. The van der Waals surface area contributed by atoms with Crippen LogP contribution in [0.1, 0.15) is 24.0 Å². The first kappa shape index (κ1) is 20.3. The summed E-state index contributed by atoms with van der Waals surface area (Å²) in [5.41, 5.74) is 1.56. The van der Waals surface area contributed by atoms with E-state index in [1.54, 1.807) is 43.3 Å². The maximum absolute atomic E-state index is 12.3. The maximum Gasteiger partial charge on any atom is 0.325 e. The lowest BCUT2D eigenvalue weighted by Crippen LogP contribution is -2.35. The van der Waals surface area contributed by atoms with Gasteiger partial charge in [-0.05, 0) is 25.1 Å². The summed E-state index contributed by atoms with van der Waals surface area (Å²) < 4.78 is 16.2. The molecule has 0 aromatic heterocycles. The van der Waals surface area contributed by atoms with Crippen molar-refractivity contribution in [3.8, 4) is 11.5 Å². The number of fused-ring (bicyclic) bond motifs is 1. The molecule has 148 valence electrons. The largest absolute Gasteiger partial charge is 0.492 e. The van der Waals surface area contributed by atoms with Crippen molar-refractivity contribution in [2.75, 3.05) is 19.8 Å². The standard InChI is InChI=1S/C20H19Cl2NO5/c1-2-26-19(24)9-23-20(25)16-11-28-18-8-14(5-6-15(16)18)27-10-12-3-4-13(21)7-17(12)22/h3-8,16H,2,9-11H2,1H3,(H,23,25). The molecule has 0 bridgehead atoms. The van der Waals surface area contributed by atoms with Crippen molar-refractivity contribution in [3.63, 3.8) is 0 Å². The Kier molecular flexibility index (Phi) is 6.65. The van der Waals surface area contributed by atoms with Crippen LogP contribution in [0.2, 0.25) is 10.0 Å². The highest BCUT2D eigenvalue weighted by molar-refractivity contribution is 6.35. The average molecular weight is 424 g/mol. The van der Waals surface area contributed by atoms with Crippen LogP contribution in [0.25, 0.3) is 0 Å². The second-order valence-electron chi connectivity index (χ2n) is 6.11. The molecule has 1 aliphatic heterocycles. The van der Waals surface area contributed by atoms with Gasteiger partial charge in [-0.3, -0.25) is 9.59 Å². The molecular formula is C20H19Cl2NO5. The van der Waals surface area contributed by atoms with Crippen molar-refractivity contribution in [2.45, 2.75) is 19.4 Å². The van der Waals surface area contributed by atoms with Gasteiger partial charge < -0.3 is 19.5 Å². The molecule has 2 aromatic rings. The van der Waals surface area contributed by atoms with Crippen molar-refractivity contribution < 1.29 is 23.8 Å². The van der Waals surface area contributed by atoms with E-state index < -0.39 is 11.9 Å². The number of amides is 1. The van der Waals surface area contributed by atoms with E-state index in [0.717, 1.165) is 11.1 Å². The predicted octanol–water partition coefficient (Wildman–Crippen LogP) is 3.73. The van der Waals surface area contributed by atoms with Crippen LogP contribution in [0.4, 0.5) is 0 Å². The molecule has 28 heavy (non-hydrogen) atoms. The summed E-state index contributed by atoms with van der Waals surface area (Å²) in [6, 6.07) is 10.5. The van der Waals surface area contributed by atoms with E-state index in [-0.39, 0.29) is 32.3 Å². The number of carbonyl (C=O) groups is 2. The van der Waals surface area contributed by atoms with Gasteiger partial charge in [0.1, 0.15) is 37.2 Å². The number of halogens is 2. The Labute approximate surface area is 172 Å². The summed E-state index contributed by atoms with van der Waals surface area (Å²) in [5.74, 6) is -0.0643. The number of carbonyl (C=O) groups excluding carboxylic acids is 2. The molecule has 2 aromatic carbocycles. The van der Waals surface area contributed by atoms with Crippen molar-refractivity contribution in [1.29, 1.82) is 0 Å². The van der Waals surface area contributed by atoms with Crippen molar-refractivity contribution in [1.82, 2.24) is 5.32 Å². The van der Waals surface area contributed by atoms with Crippen molar-refractivity contribution in [3.05, 3.63) is 57.6 Å². The first-order valence-electron chi connectivity index (χ1n) is 8.74. The van der Waals surface area contributed by atoms with Gasteiger partial charge in [0.2, 0.25) is 5.91 Å². The van der Waals surface area contributed by atoms with Gasteiger partial charge in [-0.25, -0.2) is 0 Å². The molecule has 0 aliphatic carbocycles. The minimum Gasteiger partial charge on any atom is -0.492 e. The molecule has 1 heterocycles. The van der Waals surface area contributed by atoms with Gasteiger partial charge in [-0.1, -0.05) is 35.3 Å². The Morgan fingerprint density at radius 3 is 2.79 bits per heavy atom. The fourth-order valence-electron chi connectivity index (χ4n) is 2.79. The van der Waals surface area contributed by atoms with Crippen LogP contribution in [0, 0.1) is 0 Å². The third-order valence-corrected chi connectivity index (χ3v) is 4.79. The molecule has 0 fully saturated rings. The van der Waals surface area contributed by atoms with E-state index in [9.17, 15) is 9.59 Å². The first-order valence-corrected chi connectivity index (χ1v) is 9.50. The smallest absolute Gasteiger partial charge is 0.325 e. The van der Waals surface area contributed by atoms with Gasteiger partial charge in [0.15, 0.2) is 0 Å². The van der Waals surface area contributed by atoms with E-state index in [1.807, 2.05) is 0 Å². The van der Waals surface area contributed by atoms with Gasteiger partial charge in [0.05, 0.1) is 6.61 Å².